The van der Waals surface area contributed by atoms with Crippen molar-refractivity contribution in [1.82, 2.24) is 0 Å². The number of hydrogen-bond donors (Lipinski definition) is 0. The molecule has 178 valence electrons. The first-order valence-corrected chi connectivity index (χ1v) is 11.2. The molecule has 0 aliphatic rings. The van der Waals surface area contributed by atoms with Gasteiger partial charge in [-0.15, -0.1) is 0 Å². The highest BCUT2D eigenvalue weighted by atomic mass is 16.6. The zero-order valence-electron chi connectivity index (χ0n) is 20.1. The van der Waals surface area contributed by atoms with Gasteiger partial charge in [-0.2, -0.15) is 0 Å². The summed E-state index contributed by atoms with van der Waals surface area (Å²) in [5, 5.41) is 0. The van der Waals surface area contributed by atoms with Gasteiger partial charge in [-0.05, 0) is 44.2 Å². The summed E-state index contributed by atoms with van der Waals surface area (Å²) in [4.78, 5) is 39.3. The highest BCUT2D eigenvalue weighted by Gasteiger charge is 2.44. The Hall–Kier alpha value is -3.15. The van der Waals surface area contributed by atoms with E-state index in [0.717, 1.165) is 11.1 Å². The molecule has 0 radical (unpaired) electrons. The van der Waals surface area contributed by atoms with Crippen LogP contribution in [0.25, 0.3) is 0 Å². The van der Waals surface area contributed by atoms with Crippen molar-refractivity contribution < 1.29 is 28.6 Å². The van der Waals surface area contributed by atoms with Gasteiger partial charge < -0.3 is 14.2 Å². The highest BCUT2D eigenvalue weighted by molar-refractivity contribution is 5.99. The highest BCUT2D eigenvalue weighted by Crippen LogP contribution is 2.27. The monoisotopic (exact) mass is 454 g/mol. The lowest BCUT2D eigenvalue weighted by Gasteiger charge is -2.28. The zero-order valence-corrected chi connectivity index (χ0v) is 20.1. The van der Waals surface area contributed by atoms with Crippen LogP contribution in [0.1, 0.15) is 52.2 Å². The Labute approximate surface area is 196 Å². The fourth-order valence-electron chi connectivity index (χ4n) is 3.32. The molecule has 0 saturated carbocycles. The van der Waals surface area contributed by atoms with Crippen LogP contribution < -0.4 is 0 Å². The van der Waals surface area contributed by atoms with E-state index in [0.29, 0.717) is 0 Å². The SMILES string of the molecule is CC(C)C[C@H](C(=O)OCc1ccccc1)C(C(=O)OCc1ccccc1)C(=O)OC(C)(C)C. The topological polar surface area (TPSA) is 78.9 Å². The molecule has 6 nitrogen and oxygen atoms in total. The molecule has 2 aromatic rings. The van der Waals surface area contributed by atoms with Crippen LogP contribution in [0, 0.1) is 17.8 Å². The Morgan fingerprint density at radius 3 is 1.61 bits per heavy atom. The molecule has 0 bridgehead atoms. The predicted octanol–water partition coefficient (Wildman–Crippen LogP) is 5.09. The van der Waals surface area contributed by atoms with E-state index in [2.05, 4.69) is 0 Å². The van der Waals surface area contributed by atoms with Gasteiger partial charge in [-0.3, -0.25) is 14.4 Å². The molecule has 0 fully saturated rings. The van der Waals surface area contributed by atoms with Crippen LogP contribution in [0.2, 0.25) is 0 Å². The minimum Gasteiger partial charge on any atom is -0.461 e. The molecule has 2 aromatic carbocycles. The summed E-state index contributed by atoms with van der Waals surface area (Å²) in [7, 11) is 0. The van der Waals surface area contributed by atoms with Crippen molar-refractivity contribution in [3.8, 4) is 0 Å². The van der Waals surface area contributed by atoms with Gasteiger partial charge in [0.05, 0.1) is 5.92 Å². The molecule has 0 aliphatic heterocycles. The number of esters is 3. The van der Waals surface area contributed by atoms with E-state index < -0.39 is 35.3 Å². The smallest absolute Gasteiger partial charge is 0.321 e. The van der Waals surface area contributed by atoms with E-state index in [9.17, 15) is 14.4 Å². The molecule has 2 rings (SSSR count). The first kappa shape index (κ1) is 26.1. The van der Waals surface area contributed by atoms with Crippen LogP contribution >= 0.6 is 0 Å². The Morgan fingerprint density at radius 2 is 1.18 bits per heavy atom. The van der Waals surface area contributed by atoms with Crippen LogP contribution in [0.3, 0.4) is 0 Å². The summed E-state index contributed by atoms with van der Waals surface area (Å²) < 4.78 is 16.5. The summed E-state index contributed by atoms with van der Waals surface area (Å²) in [5.41, 5.74) is 0.765. The van der Waals surface area contributed by atoms with Crippen LogP contribution in [0.5, 0.6) is 0 Å². The lowest BCUT2D eigenvalue weighted by atomic mass is 9.85. The van der Waals surface area contributed by atoms with Gasteiger partial charge in [-0.1, -0.05) is 74.5 Å². The summed E-state index contributed by atoms with van der Waals surface area (Å²) in [6, 6.07) is 18.4. The maximum Gasteiger partial charge on any atom is 0.321 e. The molecule has 1 unspecified atom stereocenters. The molecular formula is C27H34O6. The minimum absolute atomic E-state index is 0.00751. The number of rotatable bonds is 10. The quantitative estimate of drug-likeness (QED) is 0.283. The standard InChI is InChI=1S/C27H34O6/c1-19(2)16-22(24(28)31-17-20-12-8-6-9-13-20)23(26(30)33-27(3,4)5)25(29)32-18-21-14-10-7-11-15-21/h6-15,19,22-23H,16-18H2,1-5H3/t22-,23?/m0/s1. The molecule has 33 heavy (non-hydrogen) atoms. The van der Waals surface area contributed by atoms with E-state index in [1.165, 1.54) is 0 Å². The number of ether oxygens (including phenoxy) is 3. The van der Waals surface area contributed by atoms with Gasteiger partial charge >= 0.3 is 17.9 Å². The van der Waals surface area contributed by atoms with Gasteiger partial charge in [0.15, 0.2) is 5.92 Å². The molecule has 0 amide bonds. The van der Waals surface area contributed by atoms with Crippen molar-refractivity contribution in [3.63, 3.8) is 0 Å². The van der Waals surface area contributed by atoms with E-state index >= 15 is 0 Å². The second-order valence-corrected chi connectivity index (χ2v) is 9.43. The van der Waals surface area contributed by atoms with Crippen molar-refractivity contribution in [3.05, 3.63) is 71.8 Å². The molecule has 0 heterocycles. The summed E-state index contributed by atoms with van der Waals surface area (Å²) in [5.74, 6) is -4.62. The van der Waals surface area contributed by atoms with E-state index in [1.807, 2.05) is 74.5 Å². The normalized spacial score (nSPS) is 13.2. The molecule has 0 N–H and O–H groups in total. The van der Waals surface area contributed by atoms with E-state index in [-0.39, 0.29) is 25.6 Å². The van der Waals surface area contributed by atoms with Crippen LogP contribution in [0.4, 0.5) is 0 Å². The summed E-state index contributed by atoms with van der Waals surface area (Å²) in [6.45, 7) is 9.01. The minimum atomic E-state index is -1.42. The second kappa shape index (κ2) is 12.2. The van der Waals surface area contributed by atoms with E-state index in [1.54, 1.807) is 20.8 Å². The third-order valence-electron chi connectivity index (χ3n) is 4.79. The zero-order chi connectivity index (χ0) is 24.4. The van der Waals surface area contributed by atoms with Crippen molar-refractivity contribution in [2.45, 2.75) is 59.9 Å². The Bertz CT molecular complexity index is 899. The predicted molar refractivity (Wildman–Crippen MR) is 125 cm³/mol. The van der Waals surface area contributed by atoms with Crippen LogP contribution in [-0.4, -0.2) is 23.5 Å². The fourth-order valence-corrected chi connectivity index (χ4v) is 3.32. The van der Waals surface area contributed by atoms with Crippen LogP contribution in [0.15, 0.2) is 60.7 Å². The van der Waals surface area contributed by atoms with Gasteiger partial charge in [0.25, 0.3) is 0 Å². The molecule has 6 heteroatoms. The molecule has 0 aromatic heterocycles. The molecule has 0 spiro atoms. The Morgan fingerprint density at radius 1 is 0.727 bits per heavy atom. The van der Waals surface area contributed by atoms with Crippen LogP contribution in [-0.2, 0) is 41.8 Å². The van der Waals surface area contributed by atoms with Crippen molar-refractivity contribution in [1.29, 1.82) is 0 Å². The average Bonchev–Trinajstić information content (AvgIpc) is 2.75. The largest absolute Gasteiger partial charge is 0.461 e. The first-order chi connectivity index (χ1) is 15.6. The Balaban J connectivity index is 2.25. The Kier molecular flexibility index (Phi) is 9.64. The second-order valence-electron chi connectivity index (χ2n) is 9.43. The summed E-state index contributed by atoms with van der Waals surface area (Å²) >= 11 is 0. The number of carbonyl (C=O) groups is 3. The molecule has 0 aliphatic carbocycles. The molecular weight excluding hydrogens is 420 g/mol. The van der Waals surface area contributed by atoms with Gasteiger partial charge in [0.1, 0.15) is 18.8 Å². The third-order valence-corrected chi connectivity index (χ3v) is 4.79. The number of benzene rings is 2. The van der Waals surface area contributed by atoms with Crippen molar-refractivity contribution >= 4 is 17.9 Å². The summed E-state index contributed by atoms with van der Waals surface area (Å²) in [6.07, 6.45) is 0.276. The van der Waals surface area contributed by atoms with Gasteiger partial charge in [0, 0.05) is 0 Å². The number of hydrogen-bond acceptors (Lipinski definition) is 6. The first-order valence-electron chi connectivity index (χ1n) is 11.2. The maximum atomic E-state index is 13.1. The third kappa shape index (κ3) is 9.08. The number of carbonyl (C=O) groups excluding carboxylic acids is 3. The fraction of sp³-hybridized carbons (Fsp3) is 0.444. The van der Waals surface area contributed by atoms with E-state index in [4.69, 9.17) is 14.2 Å². The van der Waals surface area contributed by atoms with Gasteiger partial charge in [0.2, 0.25) is 0 Å². The van der Waals surface area contributed by atoms with Crippen molar-refractivity contribution in [2.75, 3.05) is 0 Å². The lowest BCUT2D eigenvalue weighted by molar-refractivity contribution is -0.179. The maximum absolute atomic E-state index is 13.1. The van der Waals surface area contributed by atoms with Gasteiger partial charge in [-0.25, -0.2) is 0 Å². The average molecular weight is 455 g/mol. The lowest BCUT2D eigenvalue weighted by Crippen LogP contribution is -2.42. The van der Waals surface area contributed by atoms with Crippen molar-refractivity contribution in [2.24, 2.45) is 17.8 Å². The molecule has 2 atom stereocenters. The molecule has 0 saturated heterocycles.